The van der Waals surface area contributed by atoms with Gasteiger partial charge >= 0.3 is 0 Å². The van der Waals surface area contributed by atoms with Crippen LogP contribution in [-0.2, 0) is 6.42 Å². The van der Waals surface area contributed by atoms with Gasteiger partial charge in [-0.1, -0.05) is 188 Å². The summed E-state index contributed by atoms with van der Waals surface area (Å²) < 4.78 is 0. The Hall–Kier alpha value is -6.83. The molecule has 324 valence electrons. The molecule has 0 spiro atoms. The third kappa shape index (κ3) is 8.11. The second kappa shape index (κ2) is 18.2. The molecule has 0 aromatic heterocycles. The van der Waals surface area contributed by atoms with Gasteiger partial charge in [0.1, 0.15) is 0 Å². The van der Waals surface area contributed by atoms with Crippen LogP contribution in [0.5, 0.6) is 0 Å². The molecule has 0 bridgehead atoms. The lowest BCUT2D eigenvalue weighted by Gasteiger charge is -2.26. The van der Waals surface area contributed by atoms with Gasteiger partial charge in [0.15, 0.2) is 0 Å². The van der Waals surface area contributed by atoms with E-state index in [0.717, 1.165) is 69.2 Å². The molecule has 1 heteroatoms. The highest BCUT2D eigenvalue weighted by molar-refractivity contribution is 6.04. The number of fused-ring (bicyclic) bond motifs is 5. The highest BCUT2D eigenvalue weighted by Crippen LogP contribution is 2.47. The Labute approximate surface area is 391 Å². The number of hydrogen-bond donors (Lipinski definition) is 0. The van der Waals surface area contributed by atoms with E-state index in [9.17, 15) is 0 Å². The summed E-state index contributed by atoms with van der Waals surface area (Å²) in [5, 5.41) is 5.59. The zero-order valence-electron chi connectivity index (χ0n) is 38.6. The summed E-state index contributed by atoms with van der Waals surface area (Å²) in [5.41, 5.74) is 21.4. The Bertz CT molecular complexity index is 3270. The van der Waals surface area contributed by atoms with Gasteiger partial charge in [-0.15, -0.1) is 0 Å². The first-order valence-electron chi connectivity index (χ1n) is 24.4. The molecule has 0 saturated heterocycles. The van der Waals surface area contributed by atoms with Crippen molar-refractivity contribution in [2.75, 3.05) is 0 Å². The number of aliphatic imine (C=N–C) groups is 1. The number of hydrogen-bond acceptors (Lipinski definition) is 1. The lowest BCUT2D eigenvalue weighted by Crippen LogP contribution is -2.34. The molecule has 11 rings (SSSR count). The summed E-state index contributed by atoms with van der Waals surface area (Å²) in [5.74, 6) is 1.13. The van der Waals surface area contributed by atoms with Crippen LogP contribution in [0.4, 0.5) is 5.69 Å². The van der Waals surface area contributed by atoms with Crippen molar-refractivity contribution in [2.45, 2.75) is 77.6 Å². The molecule has 3 atom stereocenters. The van der Waals surface area contributed by atoms with Gasteiger partial charge in [0, 0.05) is 17.5 Å². The molecule has 6 aliphatic carbocycles. The van der Waals surface area contributed by atoms with E-state index in [4.69, 9.17) is 4.99 Å². The third-order valence-electron chi connectivity index (χ3n) is 15.1. The van der Waals surface area contributed by atoms with E-state index < -0.39 is 0 Å². The van der Waals surface area contributed by atoms with Crippen LogP contribution in [0.1, 0.15) is 109 Å². The van der Waals surface area contributed by atoms with Crippen molar-refractivity contribution < 1.29 is 0 Å². The molecule has 0 amide bonds. The van der Waals surface area contributed by atoms with Crippen LogP contribution in [0.25, 0.3) is 51.3 Å². The Morgan fingerprint density at radius 3 is 2.06 bits per heavy atom. The zero-order valence-corrected chi connectivity index (χ0v) is 38.6. The first-order valence-corrected chi connectivity index (χ1v) is 24.4. The van der Waals surface area contributed by atoms with Crippen LogP contribution in [0.15, 0.2) is 187 Å². The van der Waals surface area contributed by atoms with Gasteiger partial charge in [-0.25, -0.2) is 0 Å². The van der Waals surface area contributed by atoms with Gasteiger partial charge in [0.25, 0.3) is 0 Å². The number of aryl methyl sites for hydroxylation is 1. The molecule has 0 radical (unpaired) electrons. The Morgan fingerprint density at radius 2 is 1.35 bits per heavy atom. The number of allylic oxidation sites excluding steroid dienone is 18. The number of benzene rings is 5. The third-order valence-corrected chi connectivity index (χ3v) is 15.1. The Kier molecular flexibility index (Phi) is 11.5. The SMILES string of the molecule is C=C1C/C(=C/c2ccccc2C)C2C=CC=CC2c2cc(C3=CC=C(c4c5c(c(C6=CC=C(/C(C)=N/c7ccccc7CC7C=CC=CC7)CC6)c6ccccc46)=CCCC=5)CC3)ccc21. The first-order chi connectivity index (χ1) is 32.5. The fourth-order valence-electron chi connectivity index (χ4n) is 11.6. The molecular formula is C65H59N. The standard InChI is InChI=1S/C65H59N/c1-43-17-7-8-20-51(43)41-54-39-44(2)55-38-37-52(42-62(55)57-23-11-10-22-56(54)57)48-31-35-50(36-32-48)65-60-26-14-12-24-58(60)64(59-25-13-15-27-61(59)65)49-33-29-47(30-34-49)45(3)66-63-28-16-9-21-53(63)40-46-18-5-4-6-19-46/h4-12,14,16-18,20-29,31,33,35,37-38,41-42,46,56-57H,2,13,15,19,30,32,34,36,39-40H2,1,3H3/b54-41-,66-45+. The predicted octanol–water partition coefficient (Wildman–Crippen LogP) is 15.7. The van der Waals surface area contributed by atoms with E-state index in [0.29, 0.717) is 11.8 Å². The maximum atomic E-state index is 5.26. The molecule has 5 aromatic carbocycles. The summed E-state index contributed by atoms with van der Waals surface area (Å²) in [4.78, 5) is 5.26. The largest absolute Gasteiger partial charge is 0.253 e. The molecule has 66 heavy (non-hydrogen) atoms. The van der Waals surface area contributed by atoms with Crippen LogP contribution in [0, 0.1) is 18.8 Å². The fraction of sp³-hybridized carbons (Fsp3) is 0.215. The van der Waals surface area contributed by atoms with Crippen molar-refractivity contribution in [3.8, 4) is 0 Å². The summed E-state index contributed by atoms with van der Waals surface area (Å²) >= 11 is 0. The van der Waals surface area contributed by atoms with Gasteiger partial charge in [-0.05, 0) is 177 Å². The van der Waals surface area contributed by atoms with Crippen molar-refractivity contribution in [1.82, 2.24) is 0 Å². The fourth-order valence-corrected chi connectivity index (χ4v) is 11.6. The number of nitrogens with zero attached hydrogens (tertiary/aromatic N) is 1. The molecular weight excluding hydrogens is 795 g/mol. The number of rotatable bonds is 8. The Balaban J connectivity index is 0.912. The second-order valence-corrected chi connectivity index (χ2v) is 19.2. The average molecular weight is 854 g/mol. The van der Waals surface area contributed by atoms with Crippen molar-refractivity contribution in [1.29, 1.82) is 0 Å². The zero-order chi connectivity index (χ0) is 44.6. The topological polar surface area (TPSA) is 12.4 Å². The number of para-hydroxylation sites is 1. The highest BCUT2D eigenvalue weighted by atomic mass is 14.7. The molecule has 5 aromatic rings. The summed E-state index contributed by atoms with van der Waals surface area (Å²) in [6.07, 6.45) is 44.5. The molecule has 0 N–H and O–H groups in total. The molecule has 0 heterocycles. The van der Waals surface area contributed by atoms with E-state index >= 15 is 0 Å². The predicted molar refractivity (Wildman–Crippen MR) is 285 cm³/mol. The van der Waals surface area contributed by atoms with E-state index in [1.165, 1.54) is 99.2 Å². The van der Waals surface area contributed by atoms with E-state index in [2.05, 4.69) is 203 Å². The monoisotopic (exact) mass is 853 g/mol. The maximum absolute atomic E-state index is 5.26. The van der Waals surface area contributed by atoms with Crippen molar-refractivity contribution >= 4 is 62.7 Å². The minimum absolute atomic E-state index is 0.283. The van der Waals surface area contributed by atoms with Crippen LogP contribution in [0.3, 0.4) is 0 Å². The second-order valence-electron chi connectivity index (χ2n) is 19.2. The van der Waals surface area contributed by atoms with Gasteiger partial charge < -0.3 is 0 Å². The van der Waals surface area contributed by atoms with Crippen LogP contribution < -0.4 is 10.4 Å². The van der Waals surface area contributed by atoms with Gasteiger partial charge in [-0.2, -0.15) is 0 Å². The maximum Gasteiger partial charge on any atom is 0.0665 e. The van der Waals surface area contributed by atoms with Crippen molar-refractivity contribution in [3.63, 3.8) is 0 Å². The molecule has 6 aliphatic rings. The minimum atomic E-state index is 0.283. The normalized spacial score (nSPS) is 21.7. The van der Waals surface area contributed by atoms with Crippen LogP contribution >= 0.6 is 0 Å². The molecule has 0 saturated carbocycles. The van der Waals surface area contributed by atoms with E-state index in [1.54, 1.807) is 0 Å². The van der Waals surface area contributed by atoms with Gasteiger partial charge in [-0.3, -0.25) is 4.99 Å². The highest BCUT2D eigenvalue weighted by Gasteiger charge is 2.31. The smallest absolute Gasteiger partial charge is 0.0665 e. The van der Waals surface area contributed by atoms with Crippen LogP contribution in [0.2, 0.25) is 0 Å². The van der Waals surface area contributed by atoms with Crippen molar-refractivity contribution in [3.05, 3.63) is 237 Å². The average Bonchev–Trinajstić information content (AvgIpc) is 3.48. The lowest BCUT2D eigenvalue weighted by atomic mass is 9.77. The summed E-state index contributed by atoms with van der Waals surface area (Å²) in [7, 11) is 0. The summed E-state index contributed by atoms with van der Waals surface area (Å²) in [6.45, 7) is 9.09. The molecule has 0 fully saturated rings. The quantitative estimate of drug-likeness (QED) is 0.138. The molecule has 1 nitrogen and oxygen atoms in total. The lowest BCUT2D eigenvalue weighted by molar-refractivity contribution is 0.654. The van der Waals surface area contributed by atoms with Crippen LogP contribution in [-0.4, -0.2) is 5.71 Å². The molecule has 3 unspecified atom stereocenters. The van der Waals surface area contributed by atoms with Gasteiger partial charge in [0.2, 0.25) is 0 Å². The van der Waals surface area contributed by atoms with E-state index in [1.807, 2.05) is 0 Å². The van der Waals surface area contributed by atoms with E-state index in [-0.39, 0.29) is 5.92 Å². The summed E-state index contributed by atoms with van der Waals surface area (Å²) in [6, 6.07) is 33.9. The minimum Gasteiger partial charge on any atom is -0.253 e. The Morgan fingerprint density at radius 1 is 0.682 bits per heavy atom. The van der Waals surface area contributed by atoms with Gasteiger partial charge in [0.05, 0.1) is 5.69 Å². The van der Waals surface area contributed by atoms with Crippen molar-refractivity contribution in [2.24, 2.45) is 16.8 Å². The molecule has 0 aliphatic heterocycles. The first kappa shape index (κ1) is 41.8.